The topological polar surface area (TPSA) is 99.5 Å². The molecule has 0 fully saturated rings. The fourth-order valence-corrected chi connectivity index (χ4v) is 0.794. The summed E-state index contributed by atoms with van der Waals surface area (Å²) < 4.78 is 0. The summed E-state index contributed by atoms with van der Waals surface area (Å²) in [5.41, 5.74) is 5.75. The molecular weight excluding hydrogens is 190 g/mol. The Kier molecular flexibility index (Phi) is 3.91. The van der Waals surface area contributed by atoms with Gasteiger partial charge in [-0.25, -0.2) is 4.98 Å². The number of nitrogen functional groups attached to an aromatic ring is 1. The number of nitrogens with zero attached hydrogens (tertiary/aromatic N) is 2. The molecule has 1 aliphatic carbocycles. The number of anilines is 1. The van der Waals surface area contributed by atoms with Crippen molar-refractivity contribution >= 4 is 17.2 Å². The molecule has 0 bridgehead atoms. The van der Waals surface area contributed by atoms with E-state index in [1.54, 1.807) is 36.7 Å². The molecule has 0 aromatic carbocycles. The van der Waals surface area contributed by atoms with E-state index in [4.69, 9.17) is 16.6 Å². The molecule has 4 N–H and O–H groups in total. The molecule has 5 nitrogen and oxygen atoms in total. The van der Waals surface area contributed by atoms with Crippen LogP contribution < -0.4 is 5.73 Å². The van der Waals surface area contributed by atoms with Gasteiger partial charge in [0.2, 0.25) is 0 Å². The van der Waals surface area contributed by atoms with Crippen LogP contribution in [0.2, 0.25) is 0 Å². The van der Waals surface area contributed by atoms with Gasteiger partial charge in [-0.1, -0.05) is 12.2 Å². The third-order valence-electron chi connectivity index (χ3n) is 1.51. The minimum atomic E-state index is 0.285. The number of hydrogen-bond acceptors (Lipinski definition) is 5. The van der Waals surface area contributed by atoms with Crippen LogP contribution in [0.15, 0.2) is 42.9 Å². The summed E-state index contributed by atoms with van der Waals surface area (Å²) in [6, 6.07) is 0. The summed E-state index contributed by atoms with van der Waals surface area (Å²) in [5.74, 6) is 0.461. The first-order valence-electron chi connectivity index (χ1n) is 4.24. The number of allylic oxidation sites excluding steroid dienone is 4. The highest BCUT2D eigenvalue weighted by Gasteiger charge is 1.97. The molecule has 0 atom stereocenters. The molecule has 76 valence electrons. The van der Waals surface area contributed by atoms with Crippen LogP contribution in [0, 0.1) is 10.8 Å². The quantitative estimate of drug-likeness (QED) is 0.550. The number of nitrogens with two attached hydrogens (primary N) is 1. The Labute approximate surface area is 87.4 Å². The molecule has 0 spiro atoms. The predicted molar refractivity (Wildman–Crippen MR) is 60.2 cm³/mol. The lowest BCUT2D eigenvalue weighted by molar-refractivity contribution is 1.21. The van der Waals surface area contributed by atoms with Crippen molar-refractivity contribution in [3.8, 4) is 0 Å². The summed E-state index contributed by atoms with van der Waals surface area (Å²) >= 11 is 0. The van der Waals surface area contributed by atoms with E-state index < -0.39 is 0 Å². The van der Waals surface area contributed by atoms with Crippen LogP contribution >= 0.6 is 0 Å². The Morgan fingerprint density at radius 1 is 1.00 bits per heavy atom. The van der Waals surface area contributed by atoms with E-state index in [0.717, 1.165) is 0 Å². The zero-order chi connectivity index (χ0) is 11.1. The number of rotatable bonds is 0. The van der Waals surface area contributed by atoms with E-state index in [-0.39, 0.29) is 11.4 Å². The Morgan fingerprint density at radius 3 is 1.87 bits per heavy atom. The fraction of sp³-hybridized carbons (Fsp3) is 0. The van der Waals surface area contributed by atoms with E-state index in [9.17, 15) is 0 Å². The van der Waals surface area contributed by atoms with Crippen molar-refractivity contribution in [2.75, 3.05) is 5.73 Å². The zero-order valence-electron chi connectivity index (χ0n) is 8.01. The van der Waals surface area contributed by atoms with Crippen molar-refractivity contribution in [3.63, 3.8) is 0 Å². The lowest BCUT2D eigenvalue weighted by Gasteiger charge is -1.96. The van der Waals surface area contributed by atoms with Gasteiger partial charge in [0.25, 0.3) is 0 Å². The SMILES string of the molecule is N=C1C=CC=CC1=N.Nc1cnccn1. The van der Waals surface area contributed by atoms with Crippen molar-refractivity contribution in [1.29, 1.82) is 10.8 Å². The average molecular weight is 201 g/mol. The molecule has 2 rings (SSSR count). The molecule has 0 radical (unpaired) electrons. The minimum Gasteiger partial charge on any atom is -0.382 e. The van der Waals surface area contributed by atoms with Crippen molar-refractivity contribution in [2.45, 2.75) is 0 Å². The van der Waals surface area contributed by atoms with Crippen molar-refractivity contribution in [1.82, 2.24) is 9.97 Å². The summed E-state index contributed by atoms with van der Waals surface area (Å²) in [6.45, 7) is 0. The molecule has 0 aliphatic heterocycles. The van der Waals surface area contributed by atoms with Gasteiger partial charge in [0.1, 0.15) is 5.82 Å². The van der Waals surface area contributed by atoms with Gasteiger partial charge in [-0.3, -0.25) is 15.8 Å². The molecule has 1 aromatic rings. The second-order valence-corrected chi connectivity index (χ2v) is 2.68. The molecule has 1 aromatic heterocycles. The van der Waals surface area contributed by atoms with Gasteiger partial charge in [0.15, 0.2) is 0 Å². The smallest absolute Gasteiger partial charge is 0.141 e. The zero-order valence-corrected chi connectivity index (χ0v) is 8.01. The predicted octanol–water partition coefficient (Wildman–Crippen LogP) is 1.21. The molecule has 0 saturated heterocycles. The number of nitrogens with one attached hydrogen (secondary N) is 2. The van der Waals surface area contributed by atoms with Gasteiger partial charge in [0, 0.05) is 12.4 Å². The first kappa shape index (κ1) is 10.8. The van der Waals surface area contributed by atoms with E-state index in [1.807, 2.05) is 0 Å². The fourth-order valence-electron chi connectivity index (χ4n) is 0.794. The van der Waals surface area contributed by atoms with E-state index >= 15 is 0 Å². The van der Waals surface area contributed by atoms with E-state index in [2.05, 4.69) is 9.97 Å². The lowest BCUT2D eigenvalue weighted by atomic mass is 10.1. The van der Waals surface area contributed by atoms with Crippen LogP contribution in [0.1, 0.15) is 0 Å². The summed E-state index contributed by atoms with van der Waals surface area (Å²) in [4.78, 5) is 7.39. The highest BCUT2D eigenvalue weighted by atomic mass is 14.9. The molecule has 15 heavy (non-hydrogen) atoms. The van der Waals surface area contributed by atoms with Crippen molar-refractivity contribution < 1.29 is 0 Å². The molecule has 5 heteroatoms. The molecule has 1 heterocycles. The van der Waals surface area contributed by atoms with Gasteiger partial charge in [-0.05, 0) is 12.2 Å². The minimum absolute atomic E-state index is 0.285. The lowest BCUT2D eigenvalue weighted by Crippen LogP contribution is -2.06. The number of aromatic nitrogens is 2. The van der Waals surface area contributed by atoms with Crippen LogP contribution in [-0.2, 0) is 0 Å². The maximum Gasteiger partial charge on any atom is 0.141 e. The first-order chi connectivity index (χ1) is 7.20. The Hall–Kier alpha value is -2.30. The maximum atomic E-state index is 7.03. The molecule has 0 amide bonds. The van der Waals surface area contributed by atoms with Gasteiger partial charge in [-0.15, -0.1) is 0 Å². The van der Waals surface area contributed by atoms with Crippen LogP contribution in [0.4, 0.5) is 5.82 Å². The number of hydrogen-bond donors (Lipinski definition) is 3. The summed E-state index contributed by atoms with van der Waals surface area (Å²) in [6.07, 6.45) is 11.3. The third-order valence-corrected chi connectivity index (χ3v) is 1.51. The maximum absolute atomic E-state index is 7.03. The Bertz CT molecular complexity index is 383. The molecule has 1 aliphatic rings. The molecule has 0 unspecified atom stereocenters. The van der Waals surface area contributed by atoms with Crippen LogP contribution in [-0.4, -0.2) is 21.4 Å². The molecular formula is C10H11N5. The van der Waals surface area contributed by atoms with Crippen LogP contribution in [0.25, 0.3) is 0 Å². The van der Waals surface area contributed by atoms with Crippen molar-refractivity contribution in [3.05, 3.63) is 42.9 Å². The second-order valence-electron chi connectivity index (χ2n) is 2.68. The van der Waals surface area contributed by atoms with Gasteiger partial charge >= 0.3 is 0 Å². The van der Waals surface area contributed by atoms with E-state index in [0.29, 0.717) is 5.82 Å². The van der Waals surface area contributed by atoms with Crippen LogP contribution in [0.3, 0.4) is 0 Å². The standard InChI is InChI=1S/C6H6N2.C4H5N3/c7-5-3-1-2-4-6(5)8;5-4-3-6-1-2-7-4/h1-4,7-8H;1-3H,(H2,5,7). The van der Waals surface area contributed by atoms with Gasteiger partial charge < -0.3 is 5.73 Å². The first-order valence-corrected chi connectivity index (χ1v) is 4.24. The largest absolute Gasteiger partial charge is 0.382 e. The van der Waals surface area contributed by atoms with Crippen molar-refractivity contribution in [2.24, 2.45) is 0 Å². The Morgan fingerprint density at radius 2 is 1.60 bits per heavy atom. The normalized spacial score (nSPS) is 13.3. The van der Waals surface area contributed by atoms with Crippen LogP contribution in [0.5, 0.6) is 0 Å². The van der Waals surface area contributed by atoms with E-state index in [1.165, 1.54) is 6.20 Å². The highest BCUT2D eigenvalue weighted by molar-refractivity contribution is 6.48. The summed E-state index contributed by atoms with van der Waals surface area (Å²) in [7, 11) is 0. The summed E-state index contributed by atoms with van der Waals surface area (Å²) in [5, 5.41) is 14.1. The Balaban J connectivity index is 0.000000151. The third kappa shape index (κ3) is 3.95. The second kappa shape index (κ2) is 5.43. The monoisotopic (exact) mass is 201 g/mol. The van der Waals surface area contributed by atoms with Gasteiger partial charge in [0.05, 0.1) is 17.6 Å². The molecule has 0 saturated carbocycles. The highest BCUT2D eigenvalue weighted by Crippen LogP contribution is 1.92. The van der Waals surface area contributed by atoms with Gasteiger partial charge in [-0.2, -0.15) is 0 Å². The average Bonchev–Trinajstić information content (AvgIpc) is 2.25.